The first-order valence-electron chi connectivity index (χ1n) is 11.1. The van der Waals surface area contributed by atoms with Crippen molar-refractivity contribution in [1.29, 1.82) is 0 Å². The standard InChI is InChI=1S/C23H34BFN2O5/c1-21(2,3)30-20(29)26-16-9-8-12-27(14-16)19(28)17-11-10-15(13-18(17)25)24-31-22(4,5)23(6,7)32-24/h10-11,13,16H,8-9,12,14H2,1-7H3,(H,26,29). The number of carbonyl (C=O) groups is 2. The smallest absolute Gasteiger partial charge is 0.444 e. The molecule has 7 nitrogen and oxygen atoms in total. The molecule has 1 atom stereocenters. The molecule has 3 rings (SSSR count). The van der Waals surface area contributed by atoms with E-state index in [0.717, 1.165) is 6.42 Å². The lowest BCUT2D eigenvalue weighted by Gasteiger charge is -2.33. The quantitative estimate of drug-likeness (QED) is 0.719. The molecule has 32 heavy (non-hydrogen) atoms. The van der Waals surface area contributed by atoms with E-state index in [0.29, 0.717) is 25.0 Å². The minimum Gasteiger partial charge on any atom is -0.444 e. The molecule has 1 aromatic rings. The van der Waals surface area contributed by atoms with Gasteiger partial charge in [-0.25, -0.2) is 9.18 Å². The second-order valence-corrected chi connectivity index (χ2v) is 10.6. The van der Waals surface area contributed by atoms with Crippen molar-refractivity contribution in [2.45, 2.75) is 84.2 Å². The Morgan fingerprint density at radius 2 is 1.81 bits per heavy atom. The van der Waals surface area contributed by atoms with Crippen LogP contribution < -0.4 is 10.8 Å². The van der Waals surface area contributed by atoms with Crippen LogP contribution in [-0.2, 0) is 14.0 Å². The lowest BCUT2D eigenvalue weighted by atomic mass is 9.78. The van der Waals surface area contributed by atoms with Gasteiger partial charge in [0.15, 0.2) is 0 Å². The van der Waals surface area contributed by atoms with Crippen LogP contribution in [0.1, 0.15) is 71.7 Å². The Morgan fingerprint density at radius 1 is 1.19 bits per heavy atom. The van der Waals surface area contributed by atoms with Crippen molar-refractivity contribution in [3.8, 4) is 0 Å². The van der Waals surface area contributed by atoms with E-state index in [1.807, 2.05) is 27.7 Å². The van der Waals surface area contributed by atoms with Crippen LogP contribution >= 0.6 is 0 Å². The van der Waals surface area contributed by atoms with Crippen molar-refractivity contribution < 1.29 is 28.0 Å². The third kappa shape index (κ3) is 5.43. The summed E-state index contributed by atoms with van der Waals surface area (Å²) in [4.78, 5) is 26.6. The monoisotopic (exact) mass is 448 g/mol. The maximum Gasteiger partial charge on any atom is 0.494 e. The van der Waals surface area contributed by atoms with Gasteiger partial charge in [-0.1, -0.05) is 6.07 Å². The van der Waals surface area contributed by atoms with Gasteiger partial charge in [0.25, 0.3) is 5.91 Å². The zero-order valence-corrected chi connectivity index (χ0v) is 20.1. The van der Waals surface area contributed by atoms with Gasteiger partial charge in [-0.3, -0.25) is 4.79 Å². The molecule has 0 saturated carbocycles. The van der Waals surface area contributed by atoms with E-state index in [1.165, 1.54) is 12.1 Å². The zero-order valence-electron chi connectivity index (χ0n) is 20.1. The van der Waals surface area contributed by atoms with Crippen molar-refractivity contribution in [3.63, 3.8) is 0 Å². The first-order valence-corrected chi connectivity index (χ1v) is 11.1. The summed E-state index contributed by atoms with van der Waals surface area (Å²) in [7, 11) is -0.698. The summed E-state index contributed by atoms with van der Waals surface area (Å²) in [5.41, 5.74) is -1.15. The van der Waals surface area contributed by atoms with Crippen molar-refractivity contribution in [3.05, 3.63) is 29.6 Å². The number of halogens is 1. The number of likely N-dealkylation sites (tertiary alicyclic amines) is 1. The van der Waals surface area contributed by atoms with Crippen LogP contribution in [0.4, 0.5) is 9.18 Å². The van der Waals surface area contributed by atoms with Gasteiger partial charge in [0.1, 0.15) is 11.4 Å². The number of rotatable bonds is 3. The minimum atomic E-state index is -0.698. The van der Waals surface area contributed by atoms with E-state index >= 15 is 0 Å². The largest absolute Gasteiger partial charge is 0.494 e. The van der Waals surface area contributed by atoms with E-state index in [9.17, 15) is 14.0 Å². The minimum absolute atomic E-state index is 0.0109. The molecule has 0 spiro atoms. The second kappa shape index (κ2) is 8.67. The summed E-state index contributed by atoms with van der Waals surface area (Å²) in [5.74, 6) is -1.02. The van der Waals surface area contributed by atoms with E-state index in [1.54, 1.807) is 31.7 Å². The fraction of sp³-hybridized carbons (Fsp3) is 0.652. The van der Waals surface area contributed by atoms with E-state index < -0.39 is 41.7 Å². The number of hydrogen-bond acceptors (Lipinski definition) is 5. The van der Waals surface area contributed by atoms with Gasteiger partial charge in [0.05, 0.1) is 16.8 Å². The first-order chi connectivity index (χ1) is 14.7. The zero-order chi connectivity index (χ0) is 23.9. The van der Waals surface area contributed by atoms with Crippen molar-refractivity contribution in [2.75, 3.05) is 13.1 Å². The number of piperidine rings is 1. The third-order valence-corrected chi connectivity index (χ3v) is 6.18. The van der Waals surface area contributed by atoms with Crippen LogP contribution in [0.5, 0.6) is 0 Å². The number of hydrogen-bond donors (Lipinski definition) is 1. The summed E-state index contributed by atoms with van der Waals surface area (Å²) in [5, 5.41) is 2.81. The molecule has 2 saturated heterocycles. The van der Waals surface area contributed by atoms with Crippen LogP contribution in [0.25, 0.3) is 0 Å². The van der Waals surface area contributed by atoms with Crippen LogP contribution in [0.2, 0.25) is 0 Å². The van der Waals surface area contributed by atoms with Crippen molar-refractivity contribution in [1.82, 2.24) is 10.2 Å². The molecule has 1 N–H and O–H groups in total. The third-order valence-electron chi connectivity index (χ3n) is 6.18. The second-order valence-electron chi connectivity index (χ2n) is 10.6. The number of benzene rings is 1. The Bertz CT molecular complexity index is 868. The van der Waals surface area contributed by atoms with Gasteiger partial charge in [-0.2, -0.15) is 0 Å². The van der Waals surface area contributed by atoms with Crippen LogP contribution in [0.3, 0.4) is 0 Å². The number of nitrogens with zero attached hydrogens (tertiary/aromatic N) is 1. The lowest BCUT2D eigenvalue weighted by Crippen LogP contribution is -2.50. The number of nitrogens with one attached hydrogen (secondary N) is 1. The Balaban J connectivity index is 1.67. The van der Waals surface area contributed by atoms with Crippen LogP contribution in [0.15, 0.2) is 18.2 Å². The maximum atomic E-state index is 14.9. The Hall–Kier alpha value is -2.13. The Labute approximate surface area is 190 Å². The summed E-state index contributed by atoms with van der Waals surface area (Å²) >= 11 is 0. The summed E-state index contributed by atoms with van der Waals surface area (Å²) in [6, 6.07) is 4.20. The molecule has 1 aromatic carbocycles. The van der Waals surface area contributed by atoms with Crippen LogP contribution in [0, 0.1) is 5.82 Å². The molecule has 0 aliphatic carbocycles. The number of amides is 2. The maximum absolute atomic E-state index is 14.9. The average Bonchev–Trinajstić information content (AvgIpc) is 2.87. The highest BCUT2D eigenvalue weighted by Crippen LogP contribution is 2.36. The van der Waals surface area contributed by atoms with Gasteiger partial charge in [-0.15, -0.1) is 0 Å². The molecule has 2 fully saturated rings. The van der Waals surface area contributed by atoms with Gasteiger partial charge in [0.2, 0.25) is 0 Å². The predicted molar refractivity (Wildman–Crippen MR) is 120 cm³/mol. The summed E-state index contributed by atoms with van der Waals surface area (Å²) in [6.45, 7) is 13.9. The van der Waals surface area contributed by atoms with Gasteiger partial charge in [-0.05, 0) is 78.9 Å². The van der Waals surface area contributed by atoms with Gasteiger partial charge >= 0.3 is 13.2 Å². The fourth-order valence-electron chi connectivity index (χ4n) is 3.75. The summed E-state index contributed by atoms with van der Waals surface area (Å²) < 4.78 is 32.2. The average molecular weight is 448 g/mol. The van der Waals surface area contributed by atoms with E-state index in [-0.39, 0.29) is 11.6 Å². The Morgan fingerprint density at radius 3 is 2.38 bits per heavy atom. The summed E-state index contributed by atoms with van der Waals surface area (Å²) in [6.07, 6.45) is 0.918. The molecule has 2 amide bonds. The molecule has 0 bridgehead atoms. The van der Waals surface area contributed by atoms with Crippen LogP contribution in [-0.4, -0.2) is 60.0 Å². The fourth-order valence-corrected chi connectivity index (χ4v) is 3.75. The van der Waals surface area contributed by atoms with Gasteiger partial charge in [0, 0.05) is 19.1 Å². The van der Waals surface area contributed by atoms with E-state index in [4.69, 9.17) is 14.0 Å². The number of alkyl carbamates (subject to hydrolysis) is 1. The SMILES string of the molecule is CC(C)(C)OC(=O)NC1CCCN(C(=O)c2ccc(B3OC(C)(C)C(C)(C)O3)cc2F)C1. The molecule has 1 unspecified atom stereocenters. The molecule has 2 aliphatic rings. The molecule has 2 aliphatic heterocycles. The lowest BCUT2D eigenvalue weighted by molar-refractivity contribution is 0.00578. The van der Waals surface area contributed by atoms with E-state index in [2.05, 4.69) is 5.32 Å². The molecule has 9 heteroatoms. The predicted octanol–water partition coefficient (Wildman–Crippen LogP) is 3.25. The highest BCUT2D eigenvalue weighted by Gasteiger charge is 2.51. The van der Waals surface area contributed by atoms with Crippen molar-refractivity contribution in [2.24, 2.45) is 0 Å². The molecular formula is C23H34BFN2O5. The molecule has 0 aromatic heterocycles. The topological polar surface area (TPSA) is 77.1 Å². The highest BCUT2D eigenvalue weighted by atomic mass is 19.1. The highest BCUT2D eigenvalue weighted by molar-refractivity contribution is 6.62. The number of carbonyl (C=O) groups excluding carboxylic acids is 2. The molecule has 2 heterocycles. The molecule has 176 valence electrons. The van der Waals surface area contributed by atoms with Crippen molar-refractivity contribution >= 4 is 24.6 Å². The normalized spacial score (nSPS) is 22.6. The van der Waals surface area contributed by atoms with Gasteiger partial charge < -0.3 is 24.3 Å². The molecular weight excluding hydrogens is 414 g/mol. The first kappa shape index (κ1) is 24.5. The molecule has 0 radical (unpaired) electrons. The number of ether oxygens (including phenoxy) is 1. The Kier molecular flexibility index (Phi) is 6.64.